The average Bonchev–Trinajstić information content (AvgIpc) is 3.47. The van der Waals surface area contributed by atoms with E-state index in [0.29, 0.717) is 31.8 Å². The number of carbonyl (C=O) groups excluding carboxylic acids is 2. The third-order valence-corrected chi connectivity index (χ3v) is 8.58. The van der Waals surface area contributed by atoms with Crippen LogP contribution >= 0.6 is 10.0 Å². The zero-order valence-corrected chi connectivity index (χ0v) is 25.1. The van der Waals surface area contributed by atoms with Crippen LogP contribution in [0.3, 0.4) is 0 Å². The highest BCUT2D eigenvalue weighted by molar-refractivity contribution is 8.32. The third kappa shape index (κ3) is 7.39. The lowest BCUT2D eigenvalue weighted by Gasteiger charge is -2.33. The molecule has 1 aliphatic rings. The second-order valence-electron chi connectivity index (χ2n) is 10.8. The number of hydrogen-bond acceptors (Lipinski definition) is 6. The molecule has 4 rings (SSSR count). The number of nitrogens with zero attached hydrogens (tertiary/aromatic N) is 1. The van der Waals surface area contributed by atoms with Gasteiger partial charge in [-0.2, -0.15) is 0 Å². The molecule has 3 aromatic rings. The molecule has 0 saturated carbocycles. The highest BCUT2D eigenvalue weighted by atomic mass is 32.3. The Kier molecular flexibility index (Phi) is 9.80. The Hall–Kier alpha value is -3.45. The minimum absolute atomic E-state index is 0.283. The molecule has 6 nitrogen and oxygen atoms in total. The van der Waals surface area contributed by atoms with Crippen LogP contribution < -0.4 is 9.64 Å². The summed E-state index contributed by atoms with van der Waals surface area (Å²) < 4.78 is 16.5. The van der Waals surface area contributed by atoms with Crippen LogP contribution in [0, 0.1) is 0 Å². The van der Waals surface area contributed by atoms with Crippen molar-refractivity contribution in [3.05, 3.63) is 66.2 Å². The van der Waals surface area contributed by atoms with E-state index in [1.165, 1.54) is 30.3 Å². The van der Waals surface area contributed by atoms with Crippen molar-refractivity contribution >= 4 is 27.7 Å². The molecule has 0 amide bonds. The summed E-state index contributed by atoms with van der Waals surface area (Å²) in [5.41, 5.74) is 6.04. The van der Waals surface area contributed by atoms with Crippen molar-refractivity contribution in [1.29, 1.82) is 0 Å². The molecule has 0 aliphatic carbocycles. The molecule has 0 bridgehead atoms. The van der Waals surface area contributed by atoms with Crippen molar-refractivity contribution < 1.29 is 23.8 Å². The van der Waals surface area contributed by atoms with Gasteiger partial charge >= 0.3 is 11.9 Å². The molecule has 1 saturated heterocycles. The zero-order valence-electron chi connectivity index (χ0n) is 24.3. The lowest BCUT2D eigenvalue weighted by molar-refractivity contribution is -0.141. The van der Waals surface area contributed by atoms with Crippen LogP contribution in [0.2, 0.25) is 0 Å². The molecule has 0 spiro atoms. The van der Waals surface area contributed by atoms with Crippen molar-refractivity contribution in [1.82, 2.24) is 0 Å². The lowest BCUT2D eigenvalue weighted by atomic mass is 9.97. The van der Waals surface area contributed by atoms with E-state index in [-0.39, 0.29) is 11.9 Å². The second-order valence-corrected chi connectivity index (χ2v) is 14.9. The molecule has 7 heteroatoms. The summed E-state index contributed by atoms with van der Waals surface area (Å²) in [4.78, 5) is 27.2. The summed E-state index contributed by atoms with van der Waals surface area (Å²) in [6.45, 7) is 6.55. The minimum atomic E-state index is -1.00. The second kappa shape index (κ2) is 13.3. The first-order valence-electron chi connectivity index (χ1n) is 13.9. The largest absolute Gasteiger partial charge is 0.493 e. The normalized spacial score (nSPS) is 13.7. The highest BCUT2D eigenvalue weighted by Crippen LogP contribution is 2.52. The van der Waals surface area contributed by atoms with Crippen LogP contribution in [0.15, 0.2) is 65.6 Å². The van der Waals surface area contributed by atoms with Crippen molar-refractivity contribution in [3.8, 4) is 28.0 Å². The molecule has 0 unspecified atom stereocenters. The number of carbonyl (C=O) groups is 2. The first-order valence-corrected chi connectivity index (χ1v) is 16.8. The van der Waals surface area contributed by atoms with Gasteiger partial charge in [-0.15, -0.1) is 0 Å². The smallest absolute Gasteiger partial charge is 0.338 e. The number of esters is 2. The van der Waals surface area contributed by atoms with Gasteiger partial charge in [0.1, 0.15) is 5.75 Å². The first kappa shape index (κ1) is 29.5. The molecule has 1 fully saturated rings. The fourth-order valence-corrected chi connectivity index (χ4v) is 6.23. The molecule has 1 heterocycles. The summed E-state index contributed by atoms with van der Waals surface area (Å²) in [6, 6.07) is 20.5. The highest BCUT2D eigenvalue weighted by Gasteiger charge is 2.22. The standard InChI is InChI=1S/C33H41NO5S/c1-6-37-33(36)26-12-10-25(11-13-26)27-15-17-31(39-21-9-20-38-24(2)35)29(22-27)28-14-16-30(34-18-7-8-19-34)32(23-28)40(3,4)5/h10-17,22-23H,6-9,18-21H2,1-5H3. The molecule has 0 aromatic heterocycles. The quantitative estimate of drug-likeness (QED) is 0.182. The van der Waals surface area contributed by atoms with Crippen LogP contribution in [0.5, 0.6) is 5.75 Å². The monoisotopic (exact) mass is 563 g/mol. The van der Waals surface area contributed by atoms with Crippen molar-refractivity contribution in [3.63, 3.8) is 0 Å². The van der Waals surface area contributed by atoms with Crippen LogP contribution in [-0.4, -0.2) is 63.6 Å². The third-order valence-electron chi connectivity index (χ3n) is 6.94. The van der Waals surface area contributed by atoms with Gasteiger partial charge in [-0.25, -0.2) is 14.8 Å². The minimum Gasteiger partial charge on any atom is -0.493 e. The van der Waals surface area contributed by atoms with Gasteiger partial charge in [-0.3, -0.25) is 4.79 Å². The Bertz CT molecular complexity index is 1320. The van der Waals surface area contributed by atoms with E-state index in [1.807, 2.05) is 24.3 Å². The topological polar surface area (TPSA) is 65.1 Å². The summed E-state index contributed by atoms with van der Waals surface area (Å²) in [7, 11) is -1.00. The van der Waals surface area contributed by atoms with E-state index in [1.54, 1.807) is 19.1 Å². The fraction of sp³-hybridized carbons (Fsp3) is 0.394. The summed E-state index contributed by atoms with van der Waals surface area (Å²) in [5, 5.41) is 0. The predicted octanol–water partition coefficient (Wildman–Crippen LogP) is 7.18. The number of benzene rings is 3. The maximum absolute atomic E-state index is 12.1. The van der Waals surface area contributed by atoms with E-state index in [9.17, 15) is 9.59 Å². The number of rotatable bonds is 11. The SMILES string of the molecule is CCOC(=O)c1ccc(-c2ccc(OCCCOC(C)=O)c(-c3ccc(N4CCCC4)c(S(C)(C)C)c3)c2)cc1. The maximum atomic E-state index is 12.1. The Morgan fingerprint density at radius 2 is 1.50 bits per heavy atom. The Balaban J connectivity index is 1.71. The van der Waals surface area contributed by atoms with Gasteiger partial charge in [0.05, 0.1) is 25.4 Å². The molecule has 0 atom stereocenters. The maximum Gasteiger partial charge on any atom is 0.338 e. The van der Waals surface area contributed by atoms with Crippen molar-refractivity contribution in [2.45, 2.75) is 38.0 Å². The summed E-state index contributed by atoms with van der Waals surface area (Å²) in [5.74, 6) is 0.190. The van der Waals surface area contributed by atoms with Crippen LogP contribution in [0.1, 0.15) is 43.5 Å². The number of hydrogen-bond donors (Lipinski definition) is 0. The van der Waals surface area contributed by atoms with Crippen molar-refractivity contribution in [2.24, 2.45) is 0 Å². The Labute approximate surface area is 239 Å². The number of ether oxygens (including phenoxy) is 3. The van der Waals surface area contributed by atoms with Gasteiger partial charge in [0.15, 0.2) is 0 Å². The first-order chi connectivity index (χ1) is 19.2. The fourth-order valence-electron chi connectivity index (χ4n) is 4.92. The molecule has 3 aromatic carbocycles. The van der Waals surface area contributed by atoms with Gasteiger partial charge in [0.2, 0.25) is 0 Å². The zero-order chi connectivity index (χ0) is 28.7. The Morgan fingerprint density at radius 3 is 2.15 bits per heavy atom. The summed E-state index contributed by atoms with van der Waals surface area (Å²) >= 11 is 0. The van der Waals surface area contributed by atoms with Crippen molar-refractivity contribution in [2.75, 3.05) is 56.6 Å². The molecule has 0 radical (unpaired) electrons. The van der Waals surface area contributed by atoms with Gasteiger partial charge in [-0.05, 0) is 91.6 Å². The molecule has 40 heavy (non-hydrogen) atoms. The predicted molar refractivity (Wildman–Crippen MR) is 165 cm³/mol. The van der Waals surface area contributed by atoms with E-state index in [4.69, 9.17) is 14.2 Å². The van der Waals surface area contributed by atoms with E-state index < -0.39 is 10.0 Å². The van der Waals surface area contributed by atoms with E-state index in [0.717, 1.165) is 41.1 Å². The number of anilines is 1. The average molecular weight is 564 g/mol. The van der Waals surface area contributed by atoms with Crippen LogP contribution in [0.4, 0.5) is 5.69 Å². The van der Waals surface area contributed by atoms with Gasteiger partial charge < -0.3 is 19.1 Å². The van der Waals surface area contributed by atoms with Crippen LogP contribution in [0.25, 0.3) is 22.3 Å². The lowest BCUT2D eigenvalue weighted by Crippen LogP contribution is -2.19. The molecule has 1 aliphatic heterocycles. The molecule has 0 N–H and O–H groups in total. The Morgan fingerprint density at radius 1 is 0.825 bits per heavy atom. The molecular weight excluding hydrogens is 522 g/mol. The van der Waals surface area contributed by atoms with Gasteiger partial charge in [-0.1, -0.05) is 24.3 Å². The summed E-state index contributed by atoms with van der Waals surface area (Å²) in [6.07, 6.45) is 10.1. The van der Waals surface area contributed by atoms with E-state index in [2.05, 4.69) is 47.9 Å². The van der Waals surface area contributed by atoms with Crippen LogP contribution in [-0.2, 0) is 14.3 Å². The van der Waals surface area contributed by atoms with Gasteiger partial charge in [0.25, 0.3) is 0 Å². The van der Waals surface area contributed by atoms with Gasteiger partial charge in [0, 0.05) is 42.6 Å². The molecule has 214 valence electrons. The van der Waals surface area contributed by atoms with E-state index >= 15 is 0 Å². The molecular formula is C33H41NO5S.